The Morgan fingerprint density at radius 3 is 2.72 bits per heavy atom. The molecule has 2 rings (SSSR count). The van der Waals surface area contributed by atoms with Crippen molar-refractivity contribution in [2.24, 2.45) is 5.84 Å². The Hall–Kier alpha value is -0.460. The van der Waals surface area contributed by atoms with Crippen LogP contribution in [-0.2, 0) is 6.42 Å². The highest BCUT2D eigenvalue weighted by Crippen LogP contribution is 2.29. The lowest BCUT2D eigenvalue weighted by atomic mass is 10.1. The fraction of sp³-hybridized carbons (Fsp3) is 0.167. The minimum Gasteiger partial charge on any atom is -0.271 e. The summed E-state index contributed by atoms with van der Waals surface area (Å²) in [4.78, 5) is 1.03. The largest absolute Gasteiger partial charge is 0.271 e. The molecule has 1 heterocycles. The van der Waals surface area contributed by atoms with Gasteiger partial charge in [-0.2, -0.15) is 0 Å². The fourth-order valence-corrected chi connectivity index (χ4v) is 3.36. The molecule has 0 spiro atoms. The smallest absolute Gasteiger partial charge is 0.124 e. The number of hydrogen-bond acceptors (Lipinski definition) is 3. The van der Waals surface area contributed by atoms with Crippen molar-refractivity contribution in [3.63, 3.8) is 0 Å². The van der Waals surface area contributed by atoms with Crippen LogP contribution in [0.25, 0.3) is 0 Å². The predicted octanol–water partition coefficient (Wildman–Crippen LogP) is 4.05. The van der Waals surface area contributed by atoms with Gasteiger partial charge in [-0.05, 0) is 42.3 Å². The number of hydrogen-bond donors (Lipinski definition) is 2. The molecule has 1 unspecified atom stereocenters. The molecule has 18 heavy (non-hydrogen) atoms. The van der Waals surface area contributed by atoms with Crippen LogP contribution in [0.2, 0.25) is 4.34 Å². The number of nitrogens with one attached hydrogen (secondary N) is 1. The molecule has 3 N–H and O–H groups in total. The zero-order valence-corrected chi connectivity index (χ0v) is 12.4. The van der Waals surface area contributed by atoms with E-state index < -0.39 is 0 Å². The zero-order chi connectivity index (χ0) is 13.1. The van der Waals surface area contributed by atoms with E-state index >= 15 is 0 Å². The number of halogens is 3. The Morgan fingerprint density at radius 1 is 1.39 bits per heavy atom. The molecule has 0 amide bonds. The van der Waals surface area contributed by atoms with Crippen LogP contribution in [-0.4, -0.2) is 0 Å². The van der Waals surface area contributed by atoms with Crippen molar-refractivity contribution in [2.45, 2.75) is 12.5 Å². The van der Waals surface area contributed by atoms with Gasteiger partial charge in [0.05, 0.1) is 10.4 Å². The van der Waals surface area contributed by atoms with Gasteiger partial charge in [-0.3, -0.25) is 11.3 Å². The number of thiophene rings is 1. The Kier molecular flexibility index (Phi) is 4.75. The molecule has 0 aliphatic heterocycles. The molecule has 0 bridgehead atoms. The number of rotatable bonds is 4. The van der Waals surface area contributed by atoms with Crippen LogP contribution < -0.4 is 11.3 Å². The first kappa shape index (κ1) is 14.0. The second-order valence-corrected chi connectivity index (χ2v) is 6.51. The monoisotopic (exact) mass is 348 g/mol. The normalized spacial score (nSPS) is 12.7. The third kappa shape index (κ3) is 3.52. The standard InChI is InChI=1S/C12H11BrClFN2S/c13-8-3-7(4-9(15)6-8)5-10(17-16)11-1-2-12(14)18-11/h1-4,6,10,17H,5,16H2. The second kappa shape index (κ2) is 6.12. The summed E-state index contributed by atoms with van der Waals surface area (Å²) in [5.41, 5.74) is 3.60. The second-order valence-electron chi connectivity index (χ2n) is 3.84. The molecule has 2 nitrogen and oxygen atoms in total. The highest BCUT2D eigenvalue weighted by molar-refractivity contribution is 9.10. The van der Waals surface area contributed by atoms with Gasteiger partial charge in [-0.15, -0.1) is 11.3 Å². The van der Waals surface area contributed by atoms with Crippen molar-refractivity contribution in [2.75, 3.05) is 0 Å². The van der Waals surface area contributed by atoms with Gasteiger partial charge in [0.25, 0.3) is 0 Å². The SMILES string of the molecule is NNC(Cc1cc(F)cc(Br)c1)c1ccc(Cl)s1. The lowest BCUT2D eigenvalue weighted by Crippen LogP contribution is -2.28. The summed E-state index contributed by atoms with van der Waals surface area (Å²) in [6, 6.07) is 8.49. The van der Waals surface area contributed by atoms with Gasteiger partial charge in [0.15, 0.2) is 0 Å². The predicted molar refractivity (Wildman–Crippen MR) is 77.2 cm³/mol. The molecule has 1 aromatic carbocycles. The van der Waals surface area contributed by atoms with Crippen molar-refractivity contribution in [3.05, 3.63) is 55.4 Å². The summed E-state index contributed by atoms with van der Waals surface area (Å²) in [5.74, 6) is 5.28. The van der Waals surface area contributed by atoms with E-state index in [-0.39, 0.29) is 11.9 Å². The maximum absolute atomic E-state index is 13.3. The lowest BCUT2D eigenvalue weighted by Gasteiger charge is -2.14. The van der Waals surface area contributed by atoms with Crippen LogP contribution in [0.4, 0.5) is 4.39 Å². The Balaban J connectivity index is 2.20. The Labute approximate surface area is 122 Å². The molecule has 1 aromatic heterocycles. The molecule has 0 saturated heterocycles. The van der Waals surface area contributed by atoms with E-state index in [1.807, 2.05) is 18.2 Å². The average Bonchev–Trinajstić information content (AvgIpc) is 2.71. The quantitative estimate of drug-likeness (QED) is 0.645. The van der Waals surface area contributed by atoms with E-state index in [4.69, 9.17) is 17.4 Å². The van der Waals surface area contributed by atoms with Gasteiger partial charge in [-0.25, -0.2) is 4.39 Å². The van der Waals surface area contributed by atoms with Crippen LogP contribution in [0.3, 0.4) is 0 Å². The van der Waals surface area contributed by atoms with Gasteiger partial charge in [-0.1, -0.05) is 27.5 Å². The highest BCUT2D eigenvalue weighted by Gasteiger charge is 2.13. The highest BCUT2D eigenvalue weighted by atomic mass is 79.9. The summed E-state index contributed by atoms with van der Waals surface area (Å²) in [6.07, 6.45) is 0.601. The third-order valence-corrected chi connectivity index (χ3v) is 4.30. The van der Waals surface area contributed by atoms with Crippen LogP contribution in [0.15, 0.2) is 34.8 Å². The van der Waals surface area contributed by atoms with Gasteiger partial charge >= 0.3 is 0 Å². The number of nitrogens with two attached hydrogens (primary N) is 1. The van der Waals surface area contributed by atoms with Crippen LogP contribution in [0.5, 0.6) is 0 Å². The van der Waals surface area contributed by atoms with Crippen molar-refractivity contribution < 1.29 is 4.39 Å². The lowest BCUT2D eigenvalue weighted by molar-refractivity contribution is 0.556. The fourth-order valence-electron chi connectivity index (χ4n) is 1.72. The van der Waals surface area contributed by atoms with Crippen molar-refractivity contribution >= 4 is 38.9 Å². The van der Waals surface area contributed by atoms with Crippen LogP contribution in [0, 0.1) is 5.82 Å². The van der Waals surface area contributed by atoms with E-state index in [0.29, 0.717) is 10.8 Å². The molecular formula is C12H11BrClFN2S. The van der Waals surface area contributed by atoms with E-state index in [9.17, 15) is 4.39 Å². The minimum atomic E-state index is -0.264. The molecule has 2 aromatic rings. The first-order valence-corrected chi connectivity index (χ1v) is 7.23. The van der Waals surface area contributed by atoms with Crippen LogP contribution in [0.1, 0.15) is 16.5 Å². The van der Waals surface area contributed by atoms with Gasteiger partial charge < -0.3 is 0 Å². The molecule has 0 aliphatic carbocycles. The first-order chi connectivity index (χ1) is 8.58. The Morgan fingerprint density at radius 2 is 2.17 bits per heavy atom. The topological polar surface area (TPSA) is 38.0 Å². The van der Waals surface area contributed by atoms with Crippen molar-refractivity contribution in [1.29, 1.82) is 0 Å². The molecule has 0 saturated carbocycles. The van der Waals surface area contributed by atoms with Gasteiger partial charge in [0.2, 0.25) is 0 Å². The van der Waals surface area contributed by atoms with Gasteiger partial charge in [0, 0.05) is 9.35 Å². The van der Waals surface area contributed by atoms with E-state index in [0.717, 1.165) is 14.9 Å². The zero-order valence-electron chi connectivity index (χ0n) is 9.29. The third-order valence-electron chi connectivity index (χ3n) is 2.50. The average molecular weight is 350 g/mol. The summed E-state index contributed by atoms with van der Waals surface area (Å²) >= 11 is 10.6. The number of benzene rings is 1. The van der Waals surface area contributed by atoms with E-state index in [1.165, 1.54) is 23.5 Å². The van der Waals surface area contributed by atoms with Crippen molar-refractivity contribution in [1.82, 2.24) is 5.43 Å². The summed E-state index contributed by atoms with van der Waals surface area (Å²) in [6.45, 7) is 0. The minimum absolute atomic E-state index is 0.0730. The molecule has 0 aliphatic rings. The van der Waals surface area contributed by atoms with E-state index in [2.05, 4.69) is 21.4 Å². The number of hydrazine groups is 1. The molecule has 1 atom stereocenters. The molecule has 0 fully saturated rings. The van der Waals surface area contributed by atoms with Gasteiger partial charge in [0.1, 0.15) is 5.82 Å². The summed E-state index contributed by atoms with van der Waals surface area (Å²) in [5, 5.41) is 0. The first-order valence-electron chi connectivity index (χ1n) is 5.25. The van der Waals surface area contributed by atoms with Crippen molar-refractivity contribution in [3.8, 4) is 0 Å². The summed E-state index contributed by atoms with van der Waals surface area (Å²) in [7, 11) is 0. The molecule has 0 radical (unpaired) electrons. The van der Waals surface area contributed by atoms with Crippen LogP contribution >= 0.6 is 38.9 Å². The maximum atomic E-state index is 13.3. The maximum Gasteiger partial charge on any atom is 0.124 e. The molecular weight excluding hydrogens is 339 g/mol. The summed E-state index contributed by atoms with van der Waals surface area (Å²) < 4.78 is 14.7. The Bertz CT molecular complexity index is 526. The molecule has 96 valence electrons. The van der Waals surface area contributed by atoms with E-state index in [1.54, 1.807) is 0 Å². The molecule has 6 heteroatoms.